The van der Waals surface area contributed by atoms with Gasteiger partial charge in [-0.3, -0.25) is 4.79 Å². The number of pyridine rings is 1. The number of rotatable bonds is 3. The maximum Gasteiger partial charge on any atom is 0.416 e. The zero-order chi connectivity index (χ0) is 15.0. The summed E-state index contributed by atoms with van der Waals surface area (Å²) < 4.78 is 43.7. The van der Waals surface area contributed by atoms with Gasteiger partial charge in [0.15, 0.2) is 12.2 Å². The second kappa shape index (κ2) is 4.87. The van der Waals surface area contributed by atoms with Crippen LogP contribution in [0.3, 0.4) is 0 Å². The van der Waals surface area contributed by atoms with Crippen LogP contribution < -0.4 is 5.32 Å². The van der Waals surface area contributed by atoms with Crippen molar-refractivity contribution >= 4 is 11.7 Å². The molecular formula is C13H10F3N3O2. The quantitative estimate of drug-likeness (QED) is 0.945. The molecule has 1 aliphatic carbocycles. The molecule has 0 saturated heterocycles. The SMILES string of the molecule is O=C(Nc1cc(C(F)(F)F)cc(-c2cnco2)n1)C1CC1. The van der Waals surface area contributed by atoms with E-state index in [-0.39, 0.29) is 29.1 Å². The van der Waals surface area contributed by atoms with Crippen molar-refractivity contribution in [2.45, 2.75) is 19.0 Å². The molecule has 0 spiro atoms. The van der Waals surface area contributed by atoms with Crippen LogP contribution >= 0.6 is 0 Å². The highest BCUT2D eigenvalue weighted by Crippen LogP contribution is 2.34. The Balaban J connectivity index is 1.98. The maximum absolute atomic E-state index is 12.9. The fraction of sp³-hybridized carbons (Fsp3) is 0.308. The molecule has 1 saturated carbocycles. The molecule has 5 nitrogen and oxygen atoms in total. The third kappa shape index (κ3) is 3.04. The molecule has 21 heavy (non-hydrogen) atoms. The Hall–Kier alpha value is -2.38. The second-order valence-electron chi connectivity index (χ2n) is 4.75. The second-order valence-corrected chi connectivity index (χ2v) is 4.75. The van der Waals surface area contributed by atoms with E-state index in [1.54, 1.807) is 0 Å². The molecule has 0 atom stereocenters. The molecule has 0 unspecified atom stereocenters. The molecule has 3 rings (SSSR count). The van der Waals surface area contributed by atoms with Crippen LogP contribution in [0, 0.1) is 5.92 Å². The molecule has 110 valence electrons. The van der Waals surface area contributed by atoms with Gasteiger partial charge in [0.2, 0.25) is 5.91 Å². The standard InChI is InChI=1S/C13H10F3N3O2/c14-13(15,16)8-3-9(10-5-17-6-21-10)18-11(4-8)19-12(20)7-1-2-7/h3-7H,1-2H2,(H,18,19,20). The van der Waals surface area contributed by atoms with E-state index in [1.165, 1.54) is 6.20 Å². The minimum absolute atomic E-state index is 0.0339. The number of nitrogens with one attached hydrogen (secondary N) is 1. The first-order chi connectivity index (χ1) is 9.93. The van der Waals surface area contributed by atoms with Crippen LogP contribution in [0.2, 0.25) is 0 Å². The van der Waals surface area contributed by atoms with E-state index < -0.39 is 11.7 Å². The van der Waals surface area contributed by atoms with Crippen LogP contribution in [-0.4, -0.2) is 15.9 Å². The number of amides is 1. The molecule has 1 N–H and O–H groups in total. The van der Waals surface area contributed by atoms with Crippen molar-refractivity contribution in [3.63, 3.8) is 0 Å². The average Bonchev–Trinajstić information content (AvgIpc) is 3.13. The van der Waals surface area contributed by atoms with Gasteiger partial charge in [-0.15, -0.1) is 0 Å². The first-order valence-electron chi connectivity index (χ1n) is 6.22. The Bertz CT molecular complexity index is 664. The number of nitrogens with zero attached hydrogens (tertiary/aromatic N) is 2. The van der Waals surface area contributed by atoms with E-state index in [9.17, 15) is 18.0 Å². The molecule has 8 heteroatoms. The average molecular weight is 297 g/mol. The van der Waals surface area contributed by atoms with Crippen molar-refractivity contribution in [2.75, 3.05) is 5.32 Å². The number of oxazole rings is 1. The summed E-state index contributed by atoms with van der Waals surface area (Å²) in [4.78, 5) is 19.3. The third-order valence-electron chi connectivity index (χ3n) is 3.04. The number of carbonyl (C=O) groups is 1. The molecule has 2 heterocycles. The third-order valence-corrected chi connectivity index (χ3v) is 3.04. The van der Waals surface area contributed by atoms with Crippen LogP contribution in [-0.2, 0) is 11.0 Å². The van der Waals surface area contributed by atoms with E-state index in [1.807, 2.05) is 0 Å². The van der Waals surface area contributed by atoms with Crippen LogP contribution in [0.4, 0.5) is 19.0 Å². The zero-order valence-electron chi connectivity index (χ0n) is 10.6. The summed E-state index contributed by atoms with van der Waals surface area (Å²) in [7, 11) is 0. The highest BCUT2D eigenvalue weighted by Gasteiger charge is 2.33. The summed E-state index contributed by atoms with van der Waals surface area (Å²) in [5.41, 5.74) is -0.941. The Morgan fingerprint density at radius 1 is 1.33 bits per heavy atom. The predicted octanol–water partition coefficient (Wildman–Crippen LogP) is 3.10. The number of alkyl halides is 3. The Kier molecular flexibility index (Phi) is 3.15. The Morgan fingerprint density at radius 2 is 2.10 bits per heavy atom. The Morgan fingerprint density at radius 3 is 2.67 bits per heavy atom. The first kappa shape index (κ1) is 13.6. The molecule has 1 aliphatic rings. The summed E-state index contributed by atoms with van der Waals surface area (Å²) in [6, 6.07) is 1.66. The van der Waals surface area contributed by atoms with E-state index in [2.05, 4.69) is 15.3 Å². The molecule has 0 radical (unpaired) electrons. The molecule has 1 amide bonds. The molecule has 0 aromatic carbocycles. The minimum Gasteiger partial charge on any atom is -0.442 e. The minimum atomic E-state index is -4.54. The lowest BCUT2D eigenvalue weighted by molar-refractivity contribution is -0.137. The number of hydrogen-bond acceptors (Lipinski definition) is 4. The number of hydrogen-bond donors (Lipinski definition) is 1. The van der Waals surface area contributed by atoms with Crippen molar-refractivity contribution < 1.29 is 22.4 Å². The van der Waals surface area contributed by atoms with E-state index in [0.717, 1.165) is 31.4 Å². The van der Waals surface area contributed by atoms with Crippen LogP contribution in [0.25, 0.3) is 11.5 Å². The summed E-state index contributed by atoms with van der Waals surface area (Å²) >= 11 is 0. The summed E-state index contributed by atoms with van der Waals surface area (Å²) in [5.74, 6) is -0.489. The molecule has 0 bridgehead atoms. The summed E-state index contributed by atoms with van der Waals surface area (Å²) in [5, 5.41) is 2.41. The van der Waals surface area contributed by atoms with Gasteiger partial charge in [0.25, 0.3) is 0 Å². The smallest absolute Gasteiger partial charge is 0.416 e. The van der Waals surface area contributed by atoms with E-state index in [0.29, 0.717) is 0 Å². The van der Waals surface area contributed by atoms with Crippen LogP contribution in [0.1, 0.15) is 18.4 Å². The number of carbonyl (C=O) groups excluding carboxylic acids is 1. The van der Waals surface area contributed by atoms with Gasteiger partial charge in [-0.1, -0.05) is 0 Å². The van der Waals surface area contributed by atoms with Crippen molar-refractivity contribution in [3.8, 4) is 11.5 Å². The summed E-state index contributed by atoms with van der Waals surface area (Å²) in [6.45, 7) is 0. The topological polar surface area (TPSA) is 68.0 Å². The largest absolute Gasteiger partial charge is 0.442 e. The highest BCUT2D eigenvalue weighted by atomic mass is 19.4. The number of anilines is 1. The summed E-state index contributed by atoms with van der Waals surface area (Å²) in [6.07, 6.45) is -0.689. The Labute approximate surface area is 117 Å². The first-order valence-corrected chi connectivity index (χ1v) is 6.22. The van der Waals surface area contributed by atoms with Crippen LogP contribution in [0.5, 0.6) is 0 Å². The number of halogens is 3. The van der Waals surface area contributed by atoms with Gasteiger partial charge < -0.3 is 9.73 Å². The van der Waals surface area contributed by atoms with E-state index >= 15 is 0 Å². The van der Waals surface area contributed by atoms with Gasteiger partial charge in [0, 0.05) is 5.92 Å². The fourth-order valence-corrected chi connectivity index (χ4v) is 1.80. The van der Waals surface area contributed by atoms with Gasteiger partial charge in [0.1, 0.15) is 11.5 Å². The van der Waals surface area contributed by atoms with Crippen LogP contribution in [0.15, 0.2) is 29.1 Å². The van der Waals surface area contributed by atoms with Crippen molar-refractivity contribution in [3.05, 3.63) is 30.3 Å². The maximum atomic E-state index is 12.9. The molecule has 2 aromatic rings. The van der Waals surface area contributed by atoms with E-state index in [4.69, 9.17) is 4.42 Å². The van der Waals surface area contributed by atoms with Crippen molar-refractivity contribution in [1.82, 2.24) is 9.97 Å². The van der Waals surface area contributed by atoms with Crippen molar-refractivity contribution in [1.29, 1.82) is 0 Å². The normalized spacial score (nSPS) is 15.0. The lowest BCUT2D eigenvalue weighted by Crippen LogP contribution is -2.16. The predicted molar refractivity (Wildman–Crippen MR) is 66.1 cm³/mol. The monoisotopic (exact) mass is 297 g/mol. The van der Waals surface area contributed by atoms with Gasteiger partial charge in [-0.2, -0.15) is 13.2 Å². The molecule has 2 aromatic heterocycles. The van der Waals surface area contributed by atoms with Gasteiger partial charge in [0.05, 0.1) is 11.8 Å². The van der Waals surface area contributed by atoms with Gasteiger partial charge in [-0.05, 0) is 25.0 Å². The lowest BCUT2D eigenvalue weighted by Gasteiger charge is -2.11. The van der Waals surface area contributed by atoms with Crippen molar-refractivity contribution in [2.24, 2.45) is 5.92 Å². The number of aromatic nitrogens is 2. The molecule has 0 aliphatic heterocycles. The molecule has 1 fully saturated rings. The zero-order valence-corrected chi connectivity index (χ0v) is 10.6. The van der Waals surface area contributed by atoms with Gasteiger partial charge >= 0.3 is 6.18 Å². The highest BCUT2D eigenvalue weighted by molar-refractivity contribution is 5.93. The molecular weight excluding hydrogens is 287 g/mol. The lowest BCUT2D eigenvalue weighted by atomic mass is 10.2. The van der Waals surface area contributed by atoms with Gasteiger partial charge in [-0.25, -0.2) is 9.97 Å². The fourth-order valence-electron chi connectivity index (χ4n) is 1.80.